The van der Waals surface area contributed by atoms with Gasteiger partial charge in [0.1, 0.15) is 22.8 Å². The zero-order valence-corrected chi connectivity index (χ0v) is 15.7. The Kier molecular flexibility index (Phi) is 5.07. The molecule has 5 heteroatoms. The van der Waals surface area contributed by atoms with Gasteiger partial charge >= 0.3 is 0 Å². The van der Waals surface area contributed by atoms with E-state index in [0.29, 0.717) is 18.6 Å². The molecule has 26 heavy (non-hydrogen) atoms. The molecule has 0 spiro atoms. The predicted molar refractivity (Wildman–Crippen MR) is 100 cm³/mol. The maximum absolute atomic E-state index is 12.7. The van der Waals surface area contributed by atoms with Gasteiger partial charge in [-0.2, -0.15) is 0 Å². The van der Waals surface area contributed by atoms with Crippen molar-refractivity contribution in [2.45, 2.75) is 38.8 Å². The summed E-state index contributed by atoms with van der Waals surface area (Å²) in [5, 5.41) is 3.13. The van der Waals surface area contributed by atoms with Gasteiger partial charge in [-0.3, -0.25) is 4.79 Å². The van der Waals surface area contributed by atoms with Crippen molar-refractivity contribution in [1.29, 1.82) is 0 Å². The van der Waals surface area contributed by atoms with E-state index in [4.69, 9.17) is 14.2 Å². The second-order valence-corrected chi connectivity index (χ2v) is 6.95. The molecule has 1 N–H and O–H groups in total. The third-order valence-electron chi connectivity index (χ3n) is 4.41. The van der Waals surface area contributed by atoms with E-state index in [0.717, 1.165) is 22.8 Å². The predicted octanol–water partition coefficient (Wildman–Crippen LogP) is 4.13. The van der Waals surface area contributed by atoms with Crippen LogP contribution in [0.1, 0.15) is 49.2 Å². The fourth-order valence-corrected chi connectivity index (χ4v) is 3.20. The minimum atomic E-state index is -0.363. The van der Waals surface area contributed by atoms with Crippen LogP contribution in [0.2, 0.25) is 0 Å². The Labute approximate surface area is 154 Å². The lowest BCUT2D eigenvalue weighted by atomic mass is 9.89. The first-order valence-electron chi connectivity index (χ1n) is 8.82. The fraction of sp³-hybridized carbons (Fsp3) is 0.381. The molecule has 0 bridgehead atoms. The minimum Gasteiger partial charge on any atom is -0.497 e. The van der Waals surface area contributed by atoms with E-state index >= 15 is 0 Å². The fourth-order valence-electron chi connectivity index (χ4n) is 3.20. The summed E-state index contributed by atoms with van der Waals surface area (Å²) in [7, 11) is 1.63. The molecule has 0 aromatic heterocycles. The Morgan fingerprint density at radius 3 is 2.54 bits per heavy atom. The van der Waals surface area contributed by atoms with Gasteiger partial charge in [-0.05, 0) is 63.2 Å². The number of hydrogen-bond acceptors (Lipinski definition) is 4. The normalized spacial score (nSPS) is 17.6. The summed E-state index contributed by atoms with van der Waals surface area (Å²) in [6.07, 6.45) is 0.677. The first kappa shape index (κ1) is 18.1. The summed E-state index contributed by atoms with van der Waals surface area (Å²) < 4.78 is 16.8. The van der Waals surface area contributed by atoms with Crippen molar-refractivity contribution in [3.05, 3.63) is 53.6 Å². The van der Waals surface area contributed by atoms with E-state index in [1.807, 2.05) is 51.1 Å². The van der Waals surface area contributed by atoms with Crippen molar-refractivity contribution in [1.82, 2.24) is 5.32 Å². The summed E-state index contributed by atoms with van der Waals surface area (Å²) in [5.41, 5.74) is 1.17. The molecule has 0 radical (unpaired) electrons. The number of hydrogen-bond donors (Lipinski definition) is 1. The highest BCUT2D eigenvalue weighted by Gasteiger charge is 2.35. The molecule has 1 heterocycles. The van der Waals surface area contributed by atoms with Gasteiger partial charge in [0.2, 0.25) is 0 Å². The van der Waals surface area contributed by atoms with Gasteiger partial charge in [0, 0.05) is 17.5 Å². The summed E-state index contributed by atoms with van der Waals surface area (Å²) >= 11 is 0. The van der Waals surface area contributed by atoms with Gasteiger partial charge in [0.25, 0.3) is 5.91 Å². The number of fused-ring (bicyclic) bond motifs is 1. The highest BCUT2D eigenvalue weighted by atomic mass is 16.5. The van der Waals surface area contributed by atoms with Crippen molar-refractivity contribution < 1.29 is 19.0 Å². The number of ether oxygens (including phenoxy) is 3. The second kappa shape index (κ2) is 7.28. The number of nitrogens with one attached hydrogen (secondary N) is 1. The van der Waals surface area contributed by atoms with Gasteiger partial charge in [-0.15, -0.1) is 0 Å². The van der Waals surface area contributed by atoms with E-state index in [-0.39, 0.29) is 17.6 Å². The SMILES string of the molecule is CCOc1ccc(C(=O)N[C@H]2CC(C)(C)Oc3ccc(OC)cc32)cc1. The van der Waals surface area contributed by atoms with Gasteiger partial charge < -0.3 is 19.5 Å². The third-order valence-corrected chi connectivity index (χ3v) is 4.41. The zero-order valence-electron chi connectivity index (χ0n) is 15.7. The van der Waals surface area contributed by atoms with E-state index in [9.17, 15) is 4.79 Å². The Morgan fingerprint density at radius 1 is 1.19 bits per heavy atom. The Morgan fingerprint density at radius 2 is 1.88 bits per heavy atom. The topological polar surface area (TPSA) is 56.8 Å². The average molecular weight is 355 g/mol. The van der Waals surface area contributed by atoms with E-state index in [1.165, 1.54) is 0 Å². The van der Waals surface area contributed by atoms with Crippen LogP contribution < -0.4 is 19.5 Å². The lowest BCUT2D eigenvalue weighted by Crippen LogP contribution is -2.41. The number of methoxy groups -OCH3 is 1. The number of carbonyl (C=O) groups is 1. The molecule has 138 valence electrons. The van der Waals surface area contributed by atoms with Crippen LogP contribution in [0.4, 0.5) is 0 Å². The quantitative estimate of drug-likeness (QED) is 0.876. The minimum absolute atomic E-state index is 0.121. The molecule has 2 aromatic rings. The van der Waals surface area contributed by atoms with Crippen LogP contribution in [-0.2, 0) is 0 Å². The molecular formula is C21H25NO4. The maximum Gasteiger partial charge on any atom is 0.251 e. The monoisotopic (exact) mass is 355 g/mol. The molecule has 0 saturated carbocycles. The number of carbonyl (C=O) groups excluding carboxylic acids is 1. The van der Waals surface area contributed by atoms with E-state index in [2.05, 4.69) is 5.32 Å². The van der Waals surface area contributed by atoms with Crippen LogP contribution in [0.25, 0.3) is 0 Å². The van der Waals surface area contributed by atoms with Crippen molar-refractivity contribution in [2.24, 2.45) is 0 Å². The molecule has 0 saturated heterocycles. The molecule has 1 atom stereocenters. The molecule has 1 aliphatic heterocycles. The van der Waals surface area contributed by atoms with Crippen molar-refractivity contribution in [3.8, 4) is 17.2 Å². The van der Waals surface area contributed by atoms with Gasteiger partial charge in [0.05, 0.1) is 19.8 Å². The summed E-state index contributed by atoms with van der Waals surface area (Å²) in [5.74, 6) is 2.15. The van der Waals surface area contributed by atoms with Crippen molar-refractivity contribution in [2.75, 3.05) is 13.7 Å². The lowest BCUT2D eigenvalue weighted by Gasteiger charge is -2.38. The highest BCUT2D eigenvalue weighted by molar-refractivity contribution is 5.94. The first-order valence-corrected chi connectivity index (χ1v) is 8.82. The third kappa shape index (κ3) is 3.93. The molecular weight excluding hydrogens is 330 g/mol. The second-order valence-electron chi connectivity index (χ2n) is 6.95. The average Bonchev–Trinajstić information content (AvgIpc) is 2.61. The molecule has 2 aromatic carbocycles. The Balaban J connectivity index is 1.83. The number of amides is 1. The summed E-state index contributed by atoms with van der Waals surface area (Å²) in [6.45, 7) is 6.58. The first-order chi connectivity index (χ1) is 12.4. The van der Waals surface area contributed by atoms with E-state index in [1.54, 1.807) is 19.2 Å². The molecule has 0 fully saturated rings. The van der Waals surface area contributed by atoms with Crippen LogP contribution in [0, 0.1) is 0 Å². The molecule has 0 aliphatic carbocycles. The van der Waals surface area contributed by atoms with Crippen LogP contribution in [-0.4, -0.2) is 25.2 Å². The summed E-state index contributed by atoms with van der Waals surface area (Å²) in [4.78, 5) is 12.7. The van der Waals surface area contributed by atoms with Gasteiger partial charge in [-0.1, -0.05) is 0 Å². The Hall–Kier alpha value is -2.69. The molecule has 5 nitrogen and oxygen atoms in total. The molecule has 0 unspecified atom stereocenters. The largest absolute Gasteiger partial charge is 0.497 e. The summed E-state index contributed by atoms with van der Waals surface area (Å²) in [6, 6.07) is 12.7. The zero-order chi connectivity index (χ0) is 18.7. The van der Waals surface area contributed by atoms with E-state index < -0.39 is 0 Å². The van der Waals surface area contributed by atoms with Crippen LogP contribution in [0.5, 0.6) is 17.2 Å². The van der Waals surface area contributed by atoms with Gasteiger partial charge in [-0.25, -0.2) is 0 Å². The molecule has 1 amide bonds. The number of benzene rings is 2. The van der Waals surface area contributed by atoms with Gasteiger partial charge in [0.15, 0.2) is 0 Å². The Bertz CT molecular complexity index is 783. The van der Waals surface area contributed by atoms with Crippen LogP contribution in [0.15, 0.2) is 42.5 Å². The van der Waals surface area contributed by atoms with Crippen LogP contribution >= 0.6 is 0 Å². The molecule has 1 aliphatic rings. The maximum atomic E-state index is 12.7. The smallest absolute Gasteiger partial charge is 0.251 e. The van der Waals surface area contributed by atoms with Crippen LogP contribution in [0.3, 0.4) is 0 Å². The van der Waals surface area contributed by atoms with Crippen molar-refractivity contribution in [3.63, 3.8) is 0 Å². The number of rotatable bonds is 5. The molecule has 3 rings (SSSR count). The standard InChI is InChI=1S/C21H25NO4/c1-5-25-15-8-6-14(7-9-15)20(23)22-18-13-21(2,3)26-19-11-10-16(24-4)12-17(18)19/h6-12,18H,5,13H2,1-4H3,(H,22,23)/t18-/m0/s1. The lowest BCUT2D eigenvalue weighted by molar-refractivity contribution is 0.0618. The van der Waals surface area contributed by atoms with Crippen molar-refractivity contribution >= 4 is 5.91 Å². The highest BCUT2D eigenvalue weighted by Crippen LogP contribution is 2.41.